The van der Waals surface area contributed by atoms with Crippen LogP contribution in [-0.4, -0.2) is 29.8 Å². The number of cyclic esters (lactones) is 1. The molecule has 1 unspecified atom stereocenters. The topological polar surface area (TPSA) is 72.8 Å². The molecule has 0 aromatic rings. The van der Waals surface area contributed by atoms with E-state index in [1.54, 1.807) is 6.92 Å². The second kappa shape index (κ2) is 3.25. The average molecular weight is 172 g/mol. The Kier molecular flexibility index (Phi) is 2.32. The molecule has 1 N–H and O–H groups in total. The summed E-state index contributed by atoms with van der Waals surface area (Å²) in [5, 5.41) is 8.97. The molecule has 12 heavy (non-hydrogen) atoms. The maximum absolute atomic E-state index is 10.9. The molecule has 0 saturated heterocycles. The summed E-state index contributed by atoms with van der Waals surface area (Å²) in [6, 6.07) is 0. The number of hydrogen-bond acceptors (Lipinski definition) is 5. The highest BCUT2D eigenvalue weighted by Crippen LogP contribution is 2.13. The van der Waals surface area contributed by atoms with Crippen LogP contribution in [-0.2, 0) is 19.1 Å². The number of esters is 2. The predicted octanol–water partition coefficient (Wildman–Crippen LogP) is -0.0832. The van der Waals surface area contributed by atoms with E-state index >= 15 is 0 Å². The van der Waals surface area contributed by atoms with Crippen molar-refractivity contribution in [3.05, 3.63) is 11.8 Å². The van der Waals surface area contributed by atoms with Crippen LogP contribution in [0.25, 0.3) is 0 Å². The Bertz CT molecular complexity index is 242. The van der Waals surface area contributed by atoms with Gasteiger partial charge in [0, 0.05) is 0 Å². The number of aliphatic hydroxyl groups excluding tert-OH is 1. The Morgan fingerprint density at radius 1 is 1.83 bits per heavy atom. The van der Waals surface area contributed by atoms with Crippen molar-refractivity contribution in [1.82, 2.24) is 0 Å². The third kappa shape index (κ3) is 1.55. The van der Waals surface area contributed by atoms with E-state index in [9.17, 15) is 9.59 Å². The van der Waals surface area contributed by atoms with Crippen molar-refractivity contribution in [1.29, 1.82) is 0 Å². The van der Waals surface area contributed by atoms with Gasteiger partial charge < -0.3 is 14.6 Å². The Morgan fingerprint density at radius 3 is 2.92 bits per heavy atom. The zero-order chi connectivity index (χ0) is 9.14. The first-order valence-corrected chi connectivity index (χ1v) is 3.43. The van der Waals surface area contributed by atoms with Gasteiger partial charge in [0.2, 0.25) is 0 Å². The summed E-state index contributed by atoms with van der Waals surface area (Å²) in [7, 11) is 0. The second-order valence-electron chi connectivity index (χ2n) is 2.14. The highest BCUT2D eigenvalue weighted by atomic mass is 16.6. The number of rotatable bonds is 2. The molecule has 5 nitrogen and oxygen atoms in total. The minimum absolute atomic E-state index is 0.181. The Morgan fingerprint density at radius 2 is 2.50 bits per heavy atom. The molecule has 1 rings (SSSR count). The molecule has 0 amide bonds. The van der Waals surface area contributed by atoms with Gasteiger partial charge in [-0.15, -0.1) is 0 Å². The van der Waals surface area contributed by atoms with E-state index in [1.165, 1.54) is 0 Å². The fourth-order valence-electron chi connectivity index (χ4n) is 0.794. The van der Waals surface area contributed by atoms with Gasteiger partial charge in [0.25, 0.3) is 6.10 Å². The van der Waals surface area contributed by atoms with Crippen LogP contribution in [0.5, 0.6) is 0 Å². The first-order valence-electron chi connectivity index (χ1n) is 3.43. The van der Waals surface area contributed by atoms with Crippen molar-refractivity contribution < 1.29 is 24.2 Å². The molecule has 0 aromatic carbocycles. The summed E-state index contributed by atoms with van der Waals surface area (Å²) in [6.07, 6.45) is -0.417. The molecule has 5 heteroatoms. The van der Waals surface area contributed by atoms with Crippen molar-refractivity contribution >= 4 is 11.9 Å². The lowest BCUT2D eigenvalue weighted by Crippen LogP contribution is -2.25. The van der Waals surface area contributed by atoms with E-state index in [4.69, 9.17) is 5.11 Å². The Hall–Kier alpha value is -1.52. The van der Waals surface area contributed by atoms with Crippen molar-refractivity contribution in [2.45, 2.75) is 13.0 Å². The van der Waals surface area contributed by atoms with Gasteiger partial charge in [0.05, 0.1) is 12.7 Å². The van der Waals surface area contributed by atoms with Crippen LogP contribution in [0.3, 0.4) is 0 Å². The standard InChI is InChI=1S/C7H8O5/c1-2-11-7(10)6-4(8)3-5(9)12-6/h3,6,8H,2H2,1H3. The fraction of sp³-hybridized carbons (Fsp3) is 0.429. The van der Waals surface area contributed by atoms with Crippen LogP contribution >= 0.6 is 0 Å². The van der Waals surface area contributed by atoms with Crippen LogP contribution in [0.1, 0.15) is 6.92 Å². The van der Waals surface area contributed by atoms with Gasteiger partial charge in [-0.3, -0.25) is 0 Å². The number of carbonyl (C=O) groups excluding carboxylic acids is 2. The number of ether oxygens (including phenoxy) is 2. The predicted molar refractivity (Wildman–Crippen MR) is 37.2 cm³/mol. The maximum atomic E-state index is 10.9. The lowest BCUT2D eigenvalue weighted by Gasteiger charge is -2.08. The van der Waals surface area contributed by atoms with E-state index in [2.05, 4.69) is 9.47 Å². The van der Waals surface area contributed by atoms with E-state index in [0.717, 1.165) is 6.08 Å². The first-order chi connectivity index (χ1) is 5.65. The summed E-state index contributed by atoms with van der Waals surface area (Å²) >= 11 is 0. The van der Waals surface area contributed by atoms with Gasteiger partial charge in [0.1, 0.15) is 0 Å². The summed E-state index contributed by atoms with van der Waals surface area (Å²) < 4.78 is 8.96. The molecule has 0 aromatic heterocycles. The van der Waals surface area contributed by atoms with Gasteiger partial charge in [0.15, 0.2) is 5.76 Å². The zero-order valence-electron chi connectivity index (χ0n) is 6.44. The molecule has 0 spiro atoms. The minimum Gasteiger partial charge on any atom is -0.507 e. The smallest absolute Gasteiger partial charge is 0.355 e. The molecule has 0 aliphatic carbocycles. The molecule has 66 valence electrons. The molecule has 1 atom stereocenters. The van der Waals surface area contributed by atoms with Gasteiger partial charge in [-0.1, -0.05) is 0 Å². The monoisotopic (exact) mass is 172 g/mol. The van der Waals surface area contributed by atoms with E-state index in [0.29, 0.717) is 0 Å². The van der Waals surface area contributed by atoms with Gasteiger partial charge in [-0.2, -0.15) is 0 Å². The van der Waals surface area contributed by atoms with E-state index in [-0.39, 0.29) is 6.61 Å². The van der Waals surface area contributed by atoms with Crippen molar-refractivity contribution in [3.8, 4) is 0 Å². The number of hydrogen-bond donors (Lipinski definition) is 1. The van der Waals surface area contributed by atoms with Crippen LogP contribution in [0, 0.1) is 0 Å². The SMILES string of the molecule is CCOC(=O)C1OC(=O)C=C1O. The third-order valence-electron chi connectivity index (χ3n) is 1.27. The molecular formula is C7H8O5. The van der Waals surface area contributed by atoms with Crippen molar-refractivity contribution in [3.63, 3.8) is 0 Å². The molecule has 1 aliphatic heterocycles. The normalized spacial score (nSPS) is 21.6. The molecule has 0 radical (unpaired) electrons. The molecule has 0 fully saturated rings. The summed E-state index contributed by atoms with van der Waals surface area (Å²) in [5.74, 6) is -1.89. The molecular weight excluding hydrogens is 164 g/mol. The van der Waals surface area contributed by atoms with Crippen molar-refractivity contribution in [2.24, 2.45) is 0 Å². The van der Waals surface area contributed by atoms with Crippen LogP contribution in [0.15, 0.2) is 11.8 Å². The third-order valence-corrected chi connectivity index (χ3v) is 1.27. The van der Waals surface area contributed by atoms with Gasteiger partial charge in [-0.25, -0.2) is 9.59 Å². The minimum atomic E-state index is -1.27. The Labute approximate surface area is 68.6 Å². The van der Waals surface area contributed by atoms with E-state index < -0.39 is 23.8 Å². The van der Waals surface area contributed by atoms with Crippen LogP contribution in [0.2, 0.25) is 0 Å². The molecule has 1 aliphatic rings. The maximum Gasteiger partial charge on any atom is 0.355 e. The quantitative estimate of drug-likeness (QED) is 0.589. The highest BCUT2D eigenvalue weighted by Gasteiger charge is 2.33. The fourth-order valence-corrected chi connectivity index (χ4v) is 0.794. The van der Waals surface area contributed by atoms with Crippen LogP contribution < -0.4 is 0 Å². The van der Waals surface area contributed by atoms with Crippen LogP contribution in [0.4, 0.5) is 0 Å². The van der Waals surface area contributed by atoms with Crippen molar-refractivity contribution in [2.75, 3.05) is 6.61 Å². The number of carbonyl (C=O) groups is 2. The van der Waals surface area contributed by atoms with Gasteiger partial charge >= 0.3 is 11.9 Å². The lowest BCUT2D eigenvalue weighted by atomic mass is 10.3. The Balaban J connectivity index is 2.61. The first kappa shape index (κ1) is 8.58. The largest absolute Gasteiger partial charge is 0.507 e. The second-order valence-corrected chi connectivity index (χ2v) is 2.14. The highest BCUT2D eigenvalue weighted by molar-refractivity contribution is 5.92. The lowest BCUT2D eigenvalue weighted by molar-refractivity contribution is -0.161. The molecule has 0 bridgehead atoms. The molecule has 1 heterocycles. The summed E-state index contributed by atoms with van der Waals surface area (Å²) in [4.78, 5) is 21.4. The zero-order valence-corrected chi connectivity index (χ0v) is 6.44. The van der Waals surface area contributed by atoms with Gasteiger partial charge in [-0.05, 0) is 6.92 Å². The molecule has 0 saturated carbocycles. The average Bonchev–Trinajstić information content (AvgIpc) is 2.30. The van der Waals surface area contributed by atoms with E-state index in [1.807, 2.05) is 0 Å². The summed E-state index contributed by atoms with van der Waals surface area (Å²) in [6.45, 7) is 1.80. The number of aliphatic hydroxyl groups is 1. The summed E-state index contributed by atoms with van der Waals surface area (Å²) in [5.41, 5.74) is 0.